The fraction of sp³-hybridized carbons (Fsp3) is 0.562. The quantitative estimate of drug-likeness (QED) is 0.307. The number of unbranched alkanes of at least 4 members (excludes halogenated alkanes) is 1. The maximum atomic E-state index is 13.0. The second-order valence-electron chi connectivity index (χ2n) is 5.26. The van der Waals surface area contributed by atoms with Crippen LogP contribution < -0.4 is 10.6 Å². The summed E-state index contributed by atoms with van der Waals surface area (Å²) >= 11 is 0. The molecular weight excluding hydrogens is 394 g/mol. The lowest BCUT2D eigenvalue weighted by Crippen LogP contribution is -2.42. The van der Waals surface area contributed by atoms with E-state index in [0.29, 0.717) is 6.54 Å². The van der Waals surface area contributed by atoms with Crippen LogP contribution in [0.2, 0.25) is 0 Å². The molecule has 1 aromatic rings. The fourth-order valence-corrected chi connectivity index (χ4v) is 2.08. The highest BCUT2D eigenvalue weighted by atomic mass is 127. The molecule has 126 valence electrons. The van der Waals surface area contributed by atoms with Gasteiger partial charge in [0.25, 0.3) is 0 Å². The molecule has 1 rings (SSSR count). The summed E-state index contributed by atoms with van der Waals surface area (Å²) in [6, 6.07) is 6.82. The number of halogens is 2. The van der Waals surface area contributed by atoms with E-state index in [9.17, 15) is 4.39 Å². The first-order valence-electron chi connectivity index (χ1n) is 7.44. The third-order valence-corrected chi connectivity index (χ3v) is 3.39. The average Bonchev–Trinajstić information content (AvgIpc) is 2.47. The second kappa shape index (κ2) is 11.6. The molecule has 0 bridgehead atoms. The summed E-state index contributed by atoms with van der Waals surface area (Å²) in [4.78, 5) is 6.33. The molecule has 0 saturated heterocycles. The van der Waals surface area contributed by atoms with Crippen LogP contribution in [-0.4, -0.2) is 45.1 Å². The summed E-state index contributed by atoms with van der Waals surface area (Å²) in [5.74, 6) is 0.596. The van der Waals surface area contributed by atoms with Gasteiger partial charge in [-0.3, -0.25) is 4.99 Å². The highest BCUT2D eigenvalue weighted by Crippen LogP contribution is 2.17. The lowest BCUT2D eigenvalue weighted by Gasteiger charge is -2.26. The van der Waals surface area contributed by atoms with Gasteiger partial charge in [0.15, 0.2) is 5.96 Å². The smallest absolute Gasteiger partial charge is 0.191 e. The Labute approximate surface area is 150 Å². The Morgan fingerprint density at radius 2 is 1.86 bits per heavy atom. The molecule has 0 aliphatic heterocycles. The Kier molecular flexibility index (Phi) is 11.2. The molecule has 0 aromatic heterocycles. The molecule has 0 spiro atoms. The van der Waals surface area contributed by atoms with Crippen molar-refractivity contribution in [2.75, 3.05) is 34.2 Å². The van der Waals surface area contributed by atoms with Crippen molar-refractivity contribution >= 4 is 29.9 Å². The van der Waals surface area contributed by atoms with E-state index in [4.69, 9.17) is 0 Å². The number of hydrogen-bond donors (Lipinski definition) is 2. The van der Waals surface area contributed by atoms with Gasteiger partial charge in [0.1, 0.15) is 5.82 Å². The topological polar surface area (TPSA) is 39.7 Å². The SMILES string of the molecule is CCCCNC(=NC)NCC(c1ccc(F)cc1)N(C)C.I. The molecule has 6 heteroatoms. The van der Waals surface area contributed by atoms with Crippen LogP contribution in [0.15, 0.2) is 29.3 Å². The molecule has 22 heavy (non-hydrogen) atoms. The van der Waals surface area contributed by atoms with Gasteiger partial charge in [0.05, 0.1) is 6.04 Å². The number of hydrogen-bond acceptors (Lipinski definition) is 2. The highest BCUT2D eigenvalue weighted by Gasteiger charge is 2.14. The molecule has 4 nitrogen and oxygen atoms in total. The summed E-state index contributed by atoms with van der Waals surface area (Å²) in [6.07, 6.45) is 2.27. The normalized spacial score (nSPS) is 12.7. The van der Waals surface area contributed by atoms with Crippen LogP contribution in [0.3, 0.4) is 0 Å². The monoisotopic (exact) mass is 422 g/mol. The Balaban J connectivity index is 0.00000441. The van der Waals surface area contributed by atoms with Crippen LogP contribution in [0, 0.1) is 5.82 Å². The Hall–Kier alpha value is -0.890. The third kappa shape index (κ3) is 7.40. The number of guanidine groups is 1. The van der Waals surface area contributed by atoms with Crippen LogP contribution >= 0.6 is 24.0 Å². The molecule has 0 aliphatic carbocycles. The molecule has 0 fully saturated rings. The van der Waals surface area contributed by atoms with E-state index >= 15 is 0 Å². The zero-order valence-corrected chi connectivity index (χ0v) is 16.2. The lowest BCUT2D eigenvalue weighted by molar-refractivity contribution is 0.298. The Bertz CT molecular complexity index is 434. The van der Waals surface area contributed by atoms with Crippen molar-refractivity contribution < 1.29 is 4.39 Å². The summed E-state index contributed by atoms with van der Waals surface area (Å²) in [6.45, 7) is 3.79. The predicted molar refractivity (Wildman–Crippen MR) is 103 cm³/mol. The first kappa shape index (κ1) is 21.1. The maximum absolute atomic E-state index is 13.0. The zero-order valence-electron chi connectivity index (χ0n) is 13.9. The van der Waals surface area contributed by atoms with E-state index in [1.54, 1.807) is 7.05 Å². The predicted octanol–water partition coefficient (Wildman–Crippen LogP) is 3.01. The van der Waals surface area contributed by atoms with Crippen molar-refractivity contribution in [1.82, 2.24) is 15.5 Å². The van der Waals surface area contributed by atoms with E-state index in [-0.39, 0.29) is 35.8 Å². The van der Waals surface area contributed by atoms with E-state index < -0.39 is 0 Å². The van der Waals surface area contributed by atoms with Gasteiger partial charge in [-0.05, 0) is 38.2 Å². The van der Waals surface area contributed by atoms with Crippen molar-refractivity contribution in [3.8, 4) is 0 Å². The number of nitrogens with one attached hydrogen (secondary N) is 2. The molecule has 0 radical (unpaired) electrons. The van der Waals surface area contributed by atoms with Crippen LogP contribution in [0.1, 0.15) is 31.4 Å². The van der Waals surface area contributed by atoms with Crippen LogP contribution in [-0.2, 0) is 0 Å². The van der Waals surface area contributed by atoms with Gasteiger partial charge in [-0.1, -0.05) is 25.5 Å². The third-order valence-electron chi connectivity index (χ3n) is 3.39. The average molecular weight is 422 g/mol. The van der Waals surface area contributed by atoms with Crippen molar-refractivity contribution in [3.63, 3.8) is 0 Å². The standard InChI is InChI=1S/C16H27FN4.HI/c1-5-6-11-19-16(18-2)20-12-15(21(3)4)13-7-9-14(17)10-8-13;/h7-10,15H,5-6,11-12H2,1-4H3,(H2,18,19,20);1H. The molecule has 0 aliphatic rings. The van der Waals surface area contributed by atoms with Crippen LogP contribution in [0.5, 0.6) is 0 Å². The van der Waals surface area contributed by atoms with Gasteiger partial charge in [-0.2, -0.15) is 0 Å². The van der Waals surface area contributed by atoms with Gasteiger partial charge < -0.3 is 15.5 Å². The van der Waals surface area contributed by atoms with Crippen molar-refractivity contribution in [3.05, 3.63) is 35.6 Å². The summed E-state index contributed by atoms with van der Waals surface area (Å²) < 4.78 is 13.0. The number of nitrogens with zero attached hydrogens (tertiary/aromatic N) is 2. The van der Waals surface area contributed by atoms with Crippen LogP contribution in [0.4, 0.5) is 4.39 Å². The first-order valence-corrected chi connectivity index (χ1v) is 7.44. The summed E-state index contributed by atoms with van der Waals surface area (Å²) in [5.41, 5.74) is 1.08. The minimum absolute atomic E-state index is 0. The van der Waals surface area contributed by atoms with E-state index in [2.05, 4.69) is 27.4 Å². The Morgan fingerprint density at radius 3 is 2.36 bits per heavy atom. The van der Waals surface area contributed by atoms with Gasteiger partial charge in [0, 0.05) is 20.1 Å². The molecule has 1 unspecified atom stereocenters. The lowest BCUT2D eigenvalue weighted by atomic mass is 10.1. The maximum Gasteiger partial charge on any atom is 0.191 e. The molecule has 0 saturated carbocycles. The summed E-state index contributed by atoms with van der Waals surface area (Å²) in [5, 5.41) is 6.61. The summed E-state index contributed by atoms with van der Waals surface area (Å²) in [7, 11) is 5.80. The molecule has 1 aromatic carbocycles. The van der Waals surface area contributed by atoms with E-state index in [0.717, 1.165) is 30.9 Å². The second-order valence-corrected chi connectivity index (χ2v) is 5.26. The minimum Gasteiger partial charge on any atom is -0.356 e. The van der Waals surface area contributed by atoms with Gasteiger partial charge in [-0.25, -0.2) is 4.39 Å². The highest BCUT2D eigenvalue weighted by molar-refractivity contribution is 14.0. The number of likely N-dealkylation sites (N-methyl/N-ethyl adjacent to an activating group) is 1. The number of aliphatic imine (C=N–C) groups is 1. The van der Waals surface area contributed by atoms with E-state index in [1.807, 2.05) is 26.2 Å². The van der Waals surface area contributed by atoms with Crippen molar-refractivity contribution in [2.45, 2.75) is 25.8 Å². The Morgan fingerprint density at radius 1 is 1.23 bits per heavy atom. The molecule has 0 heterocycles. The molecular formula is C16H28FIN4. The number of benzene rings is 1. The zero-order chi connectivity index (χ0) is 15.7. The van der Waals surface area contributed by atoms with Gasteiger partial charge in [0.2, 0.25) is 0 Å². The largest absolute Gasteiger partial charge is 0.356 e. The first-order chi connectivity index (χ1) is 10.1. The van der Waals surface area contributed by atoms with Crippen LogP contribution in [0.25, 0.3) is 0 Å². The molecule has 2 N–H and O–H groups in total. The molecule has 1 atom stereocenters. The fourth-order valence-electron chi connectivity index (χ4n) is 2.08. The van der Waals surface area contributed by atoms with E-state index in [1.165, 1.54) is 12.1 Å². The number of rotatable bonds is 7. The van der Waals surface area contributed by atoms with Crippen molar-refractivity contribution in [1.29, 1.82) is 0 Å². The van der Waals surface area contributed by atoms with Gasteiger partial charge >= 0.3 is 0 Å². The van der Waals surface area contributed by atoms with Crippen molar-refractivity contribution in [2.24, 2.45) is 4.99 Å². The van der Waals surface area contributed by atoms with Gasteiger partial charge in [-0.15, -0.1) is 24.0 Å². The minimum atomic E-state index is -0.207. The molecule has 0 amide bonds.